The van der Waals surface area contributed by atoms with E-state index in [1.165, 1.54) is 5.56 Å². The van der Waals surface area contributed by atoms with Crippen LogP contribution in [0.4, 0.5) is 4.79 Å². The van der Waals surface area contributed by atoms with Crippen LogP contribution < -0.4 is 5.32 Å². The number of pyridine rings is 1. The van der Waals surface area contributed by atoms with Crippen LogP contribution in [0.2, 0.25) is 0 Å². The maximum atomic E-state index is 12.4. The second-order valence-corrected chi connectivity index (χ2v) is 8.15. The van der Waals surface area contributed by atoms with Crippen molar-refractivity contribution in [3.05, 3.63) is 29.6 Å². The Morgan fingerprint density at radius 2 is 2.21 bits per heavy atom. The molecule has 2 fully saturated rings. The van der Waals surface area contributed by atoms with Crippen molar-refractivity contribution in [1.82, 2.24) is 15.2 Å². The summed E-state index contributed by atoms with van der Waals surface area (Å²) in [5.74, 6) is 0.527. The van der Waals surface area contributed by atoms with Gasteiger partial charge in [-0.1, -0.05) is 0 Å². The molecule has 24 heavy (non-hydrogen) atoms. The van der Waals surface area contributed by atoms with Gasteiger partial charge in [-0.2, -0.15) is 0 Å². The molecule has 1 aromatic rings. The topological polar surface area (TPSA) is 54.5 Å². The van der Waals surface area contributed by atoms with Crippen molar-refractivity contribution < 1.29 is 9.53 Å². The second kappa shape index (κ2) is 6.71. The minimum Gasteiger partial charge on any atom is -0.444 e. The fourth-order valence-electron chi connectivity index (χ4n) is 3.90. The third-order valence-corrected chi connectivity index (χ3v) is 4.98. The van der Waals surface area contributed by atoms with Gasteiger partial charge < -0.3 is 15.0 Å². The molecule has 1 aromatic heterocycles. The van der Waals surface area contributed by atoms with Gasteiger partial charge in [0.15, 0.2) is 0 Å². The lowest BCUT2D eigenvalue weighted by Crippen LogP contribution is -2.39. The molecule has 3 rings (SSSR count). The van der Waals surface area contributed by atoms with Gasteiger partial charge in [-0.05, 0) is 70.6 Å². The van der Waals surface area contributed by atoms with Crippen molar-refractivity contribution in [3.63, 3.8) is 0 Å². The Balaban J connectivity index is 1.56. The van der Waals surface area contributed by atoms with Gasteiger partial charge in [0.1, 0.15) is 5.60 Å². The zero-order valence-corrected chi connectivity index (χ0v) is 15.2. The summed E-state index contributed by atoms with van der Waals surface area (Å²) in [6.45, 7) is 9.47. The van der Waals surface area contributed by atoms with Crippen molar-refractivity contribution >= 4 is 6.09 Å². The Bertz CT molecular complexity index is 597. The number of carbonyl (C=O) groups excluding carboxylic acids is 1. The van der Waals surface area contributed by atoms with Gasteiger partial charge in [-0.3, -0.25) is 4.98 Å². The Morgan fingerprint density at radius 3 is 2.92 bits per heavy atom. The fraction of sp³-hybridized carbons (Fsp3) is 0.684. The van der Waals surface area contributed by atoms with Crippen molar-refractivity contribution in [2.75, 3.05) is 6.54 Å². The lowest BCUT2D eigenvalue weighted by atomic mass is 9.85. The van der Waals surface area contributed by atoms with Crippen molar-refractivity contribution in [1.29, 1.82) is 0 Å². The van der Waals surface area contributed by atoms with Crippen LogP contribution in [0.5, 0.6) is 0 Å². The van der Waals surface area contributed by atoms with Gasteiger partial charge in [-0.15, -0.1) is 0 Å². The minimum absolute atomic E-state index is 0.152. The molecule has 0 radical (unpaired) electrons. The van der Waals surface area contributed by atoms with E-state index in [0.717, 1.165) is 38.0 Å². The largest absolute Gasteiger partial charge is 0.444 e. The van der Waals surface area contributed by atoms with E-state index < -0.39 is 5.60 Å². The molecule has 1 N–H and O–H groups in total. The molecule has 1 saturated carbocycles. The Hall–Kier alpha value is -1.62. The van der Waals surface area contributed by atoms with Crippen molar-refractivity contribution in [3.8, 4) is 0 Å². The van der Waals surface area contributed by atoms with E-state index in [1.807, 2.05) is 38.8 Å². The molecule has 2 aliphatic rings. The third-order valence-electron chi connectivity index (χ3n) is 4.98. The molecule has 3 atom stereocenters. The number of nitrogens with zero attached hydrogens (tertiary/aromatic N) is 2. The van der Waals surface area contributed by atoms with Gasteiger partial charge in [0.05, 0.1) is 0 Å². The minimum atomic E-state index is -0.426. The lowest BCUT2D eigenvalue weighted by Gasteiger charge is -2.30. The van der Waals surface area contributed by atoms with Crippen LogP contribution in [0.1, 0.15) is 51.3 Å². The van der Waals surface area contributed by atoms with Crippen LogP contribution >= 0.6 is 0 Å². The van der Waals surface area contributed by atoms with Crippen LogP contribution in [0.15, 0.2) is 18.3 Å². The van der Waals surface area contributed by atoms with E-state index >= 15 is 0 Å². The van der Waals surface area contributed by atoms with E-state index in [0.29, 0.717) is 18.0 Å². The fourth-order valence-corrected chi connectivity index (χ4v) is 3.90. The molecule has 2 heterocycles. The van der Waals surface area contributed by atoms with Gasteiger partial charge in [-0.25, -0.2) is 4.79 Å². The highest BCUT2D eigenvalue weighted by atomic mass is 16.6. The first-order valence-corrected chi connectivity index (χ1v) is 8.96. The second-order valence-electron chi connectivity index (χ2n) is 8.15. The van der Waals surface area contributed by atoms with Crippen LogP contribution in [-0.2, 0) is 11.3 Å². The maximum absolute atomic E-state index is 12.4. The van der Waals surface area contributed by atoms with Crippen LogP contribution in [-0.4, -0.2) is 40.2 Å². The summed E-state index contributed by atoms with van der Waals surface area (Å²) in [5.41, 5.74) is 1.89. The van der Waals surface area contributed by atoms with Gasteiger partial charge in [0, 0.05) is 37.1 Å². The molecule has 1 saturated heterocycles. The highest BCUT2D eigenvalue weighted by Gasteiger charge is 2.43. The number of hydrogen-bond acceptors (Lipinski definition) is 4. The average Bonchev–Trinajstić information content (AvgIpc) is 2.83. The smallest absolute Gasteiger partial charge is 0.410 e. The molecular formula is C19H29N3O2. The van der Waals surface area contributed by atoms with Crippen molar-refractivity contribution in [2.45, 2.75) is 71.2 Å². The summed E-state index contributed by atoms with van der Waals surface area (Å²) >= 11 is 0. The quantitative estimate of drug-likeness (QED) is 0.923. The molecule has 1 amide bonds. The van der Waals surface area contributed by atoms with Gasteiger partial charge in [0.2, 0.25) is 0 Å². The average molecular weight is 331 g/mol. The van der Waals surface area contributed by atoms with E-state index in [-0.39, 0.29) is 6.09 Å². The summed E-state index contributed by atoms with van der Waals surface area (Å²) < 4.78 is 5.57. The monoisotopic (exact) mass is 331 g/mol. The van der Waals surface area contributed by atoms with E-state index in [2.05, 4.69) is 22.4 Å². The standard InChI is InChI=1S/C19H29N3O2/c1-13-9-14(7-8-20-13)11-21-17-6-5-16-10-15(17)12-22(16)18(23)24-19(2,3)4/h7-9,15-17,21H,5-6,10-12H2,1-4H3. The molecule has 1 aliphatic carbocycles. The Morgan fingerprint density at radius 1 is 1.42 bits per heavy atom. The Kier molecular flexibility index (Phi) is 4.81. The first-order chi connectivity index (χ1) is 11.3. The first kappa shape index (κ1) is 17.2. The van der Waals surface area contributed by atoms with Crippen LogP contribution in [0, 0.1) is 12.8 Å². The zero-order chi connectivity index (χ0) is 17.3. The van der Waals surface area contributed by atoms with E-state index in [1.54, 1.807) is 0 Å². The predicted octanol–water partition coefficient (Wildman–Crippen LogP) is 3.27. The summed E-state index contributed by atoms with van der Waals surface area (Å²) in [5, 5.41) is 3.69. The molecular weight excluding hydrogens is 302 g/mol. The molecule has 0 spiro atoms. The van der Waals surface area contributed by atoms with E-state index in [9.17, 15) is 4.79 Å². The number of likely N-dealkylation sites (tertiary alicyclic amines) is 1. The van der Waals surface area contributed by atoms with Crippen LogP contribution in [0.3, 0.4) is 0 Å². The van der Waals surface area contributed by atoms with Gasteiger partial charge in [0.25, 0.3) is 0 Å². The first-order valence-electron chi connectivity index (χ1n) is 8.96. The lowest BCUT2D eigenvalue weighted by molar-refractivity contribution is 0.0223. The highest BCUT2D eigenvalue weighted by molar-refractivity contribution is 5.69. The molecule has 1 aliphatic heterocycles. The molecule has 132 valence electrons. The number of aryl methyl sites for hydroxylation is 1. The van der Waals surface area contributed by atoms with E-state index in [4.69, 9.17) is 4.74 Å². The number of ether oxygens (including phenoxy) is 1. The molecule has 5 heteroatoms. The number of rotatable bonds is 3. The zero-order valence-electron chi connectivity index (χ0n) is 15.2. The SMILES string of the molecule is Cc1cc(CNC2CCC3CC2CN3C(=O)OC(C)(C)C)ccn1. The number of fused-ring (bicyclic) bond motifs is 2. The summed E-state index contributed by atoms with van der Waals surface area (Å²) in [4.78, 5) is 18.6. The normalized spacial score (nSPS) is 26.5. The summed E-state index contributed by atoms with van der Waals surface area (Å²) in [6, 6.07) is 5.02. The molecule has 5 nitrogen and oxygen atoms in total. The Labute approximate surface area is 144 Å². The number of amides is 1. The highest BCUT2D eigenvalue weighted by Crippen LogP contribution is 2.36. The summed E-state index contributed by atoms with van der Waals surface area (Å²) in [7, 11) is 0. The summed E-state index contributed by atoms with van der Waals surface area (Å²) in [6.07, 6.45) is 4.98. The van der Waals surface area contributed by atoms with Crippen LogP contribution in [0.25, 0.3) is 0 Å². The molecule has 3 unspecified atom stereocenters. The van der Waals surface area contributed by atoms with Gasteiger partial charge >= 0.3 is 6.09 Å². The molecule has 0 aromatic carbocycles. The number of nitrogens with one attached hydrogen (secondary N) is 1. The van der Waals surface area contributed by atoms with Crippen molar-refractivity contribution in [2.24, 2.45) is 5.92 Å². The predicted molar refractivity (Wildman–Crippen MR) is 93.7 cm³/mol. The molecule has 2 bridgehead atoms. The third kappa shape index (κ3) is 4.07. The number of hydrogen-bond donors (Lipinski definition) is 1. The number of aromatic nitrogens is 1. The number of carbonyl (C=O) groups is 1. The maximum Gasteiger partial charge on any atom is 0.410 e.